The molecule has 7 amide bonds. The molecule has 0 aromatic rings. The smallest absolute Gasteiger partial charge is 0.326 e. The largest absolute Gasteiger partial charge is 0.481 e. The summed E-state index contributed by atoms with van der Waals surface area (Å²) in [5.74, 6) is -7.24. The Bertz CT molecular complexity index is 1450. The van der Waals surface area contributed by atoms with E-state index in [1.54, 1.807) is 34.0 Å². The van der Waals surface area contributed by atoms with E-state index in [4.69, 9.17) is 22.3 Å². The molecule has 336 valence electrons. The van der Waals surface area contributed by atoms with Crippen LogP contribution in [0.15, 0.2) is 0 Å². The van der Waals surface area contributed by atoms with E-state index in [0.29, 0.717) is 31.6 Å². The molecule has 1 aliphatic rings. The average molecular weight is 858 g/mol. The van der Waals surface area contributed by atoms with Crippen LogP contribution in [-0.4, -0.2) is 136 Å². The van der Waals surface area contributed by atoms with Crippen LogP contribution in [0.2, 0.25) is 0 Å². The zero-order chi connectivity index (χ0) is 44.8. The number of hydrogen-bond acceptors (Lipinski definition) is 12. The van der Waals surface area contributed by atoms with Crippen LogP contribution in [0.3, 0.4) is 0 Å². The van der Waals surface area contributed by atoms with Crippen LogP contribution in [0.4, 0.5) is 0 Å². The lowest BCUT2D eigenvalue weighted by atomic mass is 9.99. The molecule has 1 heterocycles. The summed E-state index contributed by atoms with van der Waals surface area (Å²) in [6, 6.07) is -8.30. The number of carbonyl (C=O) groups is 9. The molecule has 0 spiro atoms. The highest BCUT2D eigenvalue weighted by Gasteiger charge is 2.39. The van der Waals surface area contributed by atoms with Crippen LogP contribution in [-0.2, 0) is 43.2 Å². The highest BCUT2D eigenvalue weighted by atomic mass is 32.2. The number of likely N-dealkylation sites (tertiary alicyclic amines) is 1. The van der Waals surface area contributed by atoms with Crippen molar-refractivity contribution in [3.63, 3.8) is 0 Å². The first-order chi connectivity index (χ1) is 27.7. The van der Waals surface area contributed by atoms with Crippen molar-refractivity contribution in [3.05, 3.63) is 0 Å². The van der Waals surface area contributed by atoms with E-state index in [1.807, 2.05) is 0 Å². The lowest BCUT2D eigenvalue weighted by Crippen LogP contribution is -2.60. The Balaban J connectivity index is 3.30. The fourth-order valence-electron chi connectivity index (χ4n) is 6.49. The van der Waals surface area contributed by atoms with Crippen molar-refractivity contribution in [1.82, 2.24) is 31.5 Å². The number of thioether (sulfide) groups is 1. The summed E-state index contributed by atoms with van der Waals surface area (Å²) in [7, 11) is 0. The summed E-state index contributed by atoms with van der Waals surface area (Å²) in [4.78, 5) is 118. The van der Waals surface area contributed by atoms with Gasteiger partial charge in [-0.2, -0.15) is 11.8 Å². The fourth-order valence-corrected chi connectivity index (χ4v) is 6.96. The van der Waals surface area contributed by atoms with Crippen LogP contribution in [0.5, 0.6) is 0 Å². The average Bonchev–Trinajstić information content (AvgIpc) is 3.65. The van der Waals surface area contributed by atoms with E-state index < -0.39 is 95.6 Å². The zero-order valence-electron chi connectivity index (χ0n) is 35.0. The molecular weight excluding hydrogens is 791 g/mol. The summed E-state index contributed by atoms with van der Waals surface area (Å²) in [5, 5.41) is 31.7. The van der Waals surface area contributed by atoms with Gasteiger partial charge in [0.25, 0.3) is 0 Å². The number of carboxylic acids is 2. The second-order valence-corrected chi connectivity index (χ2v) is 16.7. The van der Waals surface area contributed by atoms with Crippen LogP contribution < -0.4 is 43.8 Å². The monoisotopic (exact) mass is 857 g/mol. The predicted octanol–water partition coefficient (Wildman–Crippen LogP) is -1.08. The maximum absolute atomic E-state index is 13.9. The van der Waals surface area contributed by atoms with Gasteiger partial charge in [0, 0.05) is 19.4 Å². The van der Waals surface area contributed by atoms with Crippen molar-refractivity contribution in [3.8, 4) is 0 Å². The minimum Gasteiger partial charge on any atom is -0.481 e. The van der Waals surface area contributed by atoms with Gasteiger partial charge in [-0.15, -0.1) is 0 Å². The molecule has 0 bridgehead atoms. The molecule has 1 saturated heterocycles. The van der Waals surface area contributed by atoms with Gasteiger partial charge in [-0.05, 0) is 94.6 Å². The van der Waals surface area contributed by atoms with E-state index in [9.17, 15) is 48.3 Å². The third kappa shape index (κ3) is 19.9. The van der Waals surface area contributed by atoms with Crippen LogP contribution in [0.25, 0.3) is 0 Å². The summed E-state index contributed by atoms with van der Waals surface area (Å²) in [5.41, 5.74) is 17.0. The second-order valence-electron chi connectivity index (χ2n) is 15.7. The van der Waals surface area contributed by atoms with Crippen LogP contribution >= 0.6 is 11.8 Å². The van der Waals surface area contributed by atoms with E-state index in [0.717, 1.165) is 0 Å². The topological polar surface area (TPSA) is 336 Å². The highest BCUT2D eigenvalue weighted by molar-refractivity contribution is 7.98. The molecule has 1 rings (SSSR count). The number of carbonyl (C=O) groups excluding carboxylic acids is 7. The third-order valence-corrected chi connectivity index (χ3v) is 10.3. The van der Waals surface area contributed by atoms with Crippen LogP contribution in [0.1, 0.15) is 105 Å². The number of carboxylic acid groups (broad SMARTS) is 2. The maximum atomic E-state index is 13.9. The normalized spacial score (nSPS) is 16.9. The standard InChI is InChI=1S/C38H67N9O11S/c1-21(2)19-27(34(53)42-24(9-6-7-16-39)32(51)44-26(38(57)58)15-18-59-5)45-33(52)25(12-13-30(41)48)43-35(54)28(20-22(3)4)46-36(55)29-10-8-17-47(29)37(56)23(40)11-14-31(49)50/h21-29H,6-20,39-40H2,1-5H3,(H2,41,48)(H,42,53)(H,43,54)(H,44,51)(H,45,52)(H,46,55)(H,49,50)(H,57,58)/t23-,24-,25-,26-,27-,28-,29-/m0/s1. The van der Waals surface area contributed by atoms with Gasteiger partial charge in [0.15, 0.2) is 0 Å². The molecule has 0 aromatic carbocycles. The van der Waals surface area contributed by atoms with Crippen molar-refractivity contribution < 1.29 is 53.4 Å². The number of nitrogens with two attached hydrogens (primary N) is 3. The van der Waals surface area contributed by atoms with Crippen molar-refractivity contribution in [1.29, 1.82) is 0 Å². The molecule has 0 aliphatic carbocycles. The predicted molar refractivity (Wildman–Crippen MR) is 220 cm³/mol. The Labute approximate surface area is 350 Å². The molecular formula is C38H67N9O11S. The molecule has 20 nitrogen and oxygen atoms in total. The molecule has 1 aliphatic heterocycles. The molecule has 0 saturated carbocycles. The number of nitrogens with one attached hydrogen (secondary N) is 5. The summed E-state index contributed by atoms with van der Waals surface area (Å²) < 4.78 is 0. The van der Waals surface area contributed by atoms with Gasteiger partial charge in [-0.3, -0.25) is 38.4 Å². The lowest BCUT2D eigenvalue weighted by Gasteiger charge is -2.30. The molecule has 59 heavy (non-hydrogen) atoms. The first-order valence-corrected chi connectivity index (χ1v) is 21.6. The van der Waals surface area contributed by atoms with Crippen LogP contribution in [0, 0.1) is 11.8 Å². The lowest BCUT2D eigenvalue weighted by molar-refractivity contribution is -0.142. The van der Waals surface area contributed by atoms with E-state index in [-0.39, 0.29) is 76.2 Å². The van der Waals surface area contributed by atoms with Gasteiger partial charge in [-0.25, -0.2) is 4.79 Å². The number of amides is 7. The van der Waals surface area contributed by atoms with Gasteiger partial charge in [0.2, 0.25) is 41.4 Å². The van der Waals surface area contributed by atoms with Gasteiger partial charge >= 0.3 is 11.9 Å². The number of unbranched alkanes of at least 4 members (excludes halogenated alkanes) is 1. The van der Waals surface area contributed by atoms with Gasteiger partial charge in [0.1, 0.15) is 36.3 Å². The maximum Gasteiger partial charge on any atom is 0.326 e. The molecule has 13 N–H and O–H groups in total. The molecule has 0 radical (unpaired) electrons. The van der Waals surface area contributed by atoms with E-state index >= 15 is 0 Å². The Morgan fingerprint density at radius 1 is 0.695 bits per heavy atom. The minimum absolute atomic E-state index is 0.0965. The minimum atomic E-state index is -1.41. The Kier molecular flexibility index (Phi) is 24.3. The second kappa shape index (κ2) is 27.3. The SMILES string of the molecule is CSCC[C@H](NC(=O)[C@H](CCCCN)NC(=O)[C@H](CC(C)C)NC(=O)[C@H](CCC(N)=O)NC(=O)[C@H](CC(C)C)NC(=O)[C@@H]1CCCN1C(=O)[C@@H](N)CCC(=O)O)C(=O)O. The van der Waals surface area contributed by atoms with Crippen molar-refractivity contribution in [2.24, 2.45) is 29.0 Å². The summed E-state index contributed by atoms with van der Waals surface area (Å²) in [6.45, 7) is 7.75. The number of rotatable bonds is 29. The number of primary amides is 1. The Morgan fingerprint density at radius 3 is 1.69 bits per heavy atom. The Morgan fingerprint density at radius 2 is 1.20 bits per heavy atom. The van der Waals surface area contributed by atoms with Crippen molar-refractivity contribution in [2.75, 3.05) is 25.1 Å². The molecule has 7 atom stereocenters. The molecule has 1 fully saturated rings. The zero-order valence-corrected chi connectivity index (χ0v) is 35.8. The van der Waals surface area contributed by atoms with E-state index in [2.05, 4.69) is 26.6 Å². The number of hydrogen-bond donors (Lipinski definition) is 10. The third-order valence-electron chi connectivity index (χ3n) is 9.62. The molecule has 21 heteroatoms. The van der Waals surface area contributed by atoms with Crippen molar-refractivity contribution in [2.45, 2.75) is 147 Å². The summed E-state index contributed by atoms with van der Waals surface area (Å²) >= 11 is 1.41. The molecule has 0 aromatic heterocycles. The molecule has 0 unspecified atom stereocenters. The fraction of sp³-hybridized carbons (Fsp3) is 0.763. The number of nitrogens with zero attached hydrogens (tertiary/aromatic N) is 1. The van der Waals surface area contributed by atoms with Crippen molar-refractivity contribution >= 4 is 65.1 Å². The highest BCUT2D eigenvalue weighted by Crippen LogP contribution is 2.20. The van der Waals surface area contributed by atoms with E-state index in [1.165, 1.54) is 16.7 Å². The first kappa shape index (κ1) is 52.5. The number of aliphatic carboxylic acids is 2. The first-order valence-electron chi connectivity index (χ1n) is 20.2. The quantitative estimate of drug-likeness (QED) is 0.0400. The summed E-state index contributed by atoms with van der Waals surface area (Å²) in [6.07, 6.45) is 2.96. The van der Waals surface area contributed by atoms with Gasteiger partial charge < -0.3 is 58.9 Å². The van der Waals surface area contributed by atoms with Gasteiger partial charge in [-0.1, -0.05) is 27.7 Å². The Hall–Kier alpha value is -4.50. The van der Waals surface area contributed by atoms with Gasteiger partial charge in [0.05, 0.1) is 6.04 Å².